The molecule has 3 N–H and O–H groups in total. The number of likely N-dealkylation sites (tertiary alicyclic amines) is 1. The van der Waals surface area contributed by atoms with Crippen LogP contribution in [0, 0.1) is 5.92 Å². The van der Waals surface area contributed by atoms with Crippen molar-refractivity contribution >= 4 is 29.7 Å². The molecule has 11 heteroatoms. The van der Waals surface area contributed by atoms with Crippen molar-refractivity contribution in [2.45, 2.75) is 32.1 Å². The summed E-state index contributed by atoms with van der Waals surface area (Å²) in [7, 11) is 0. The number of nitrogens with zero attached hydrogens (tertiary/aromatic N) is 5. The lowest BCUT2D eigenvalue weighted by Crippen LogP contribution is -2.53. The van der Waals surface area contributed by atoms with Crippen LogP contribution in [0.15, 0.2) is 82.4 Å². The largest absolute Gasteiger partial charge is 0.337 e. The highest BCUT2D eigenvalue weighted by Crippen LogP contribution is 2.38. The molecule has 196 valence electrons. The number of pyridine rings is 1. The topological polar surface area (TPSA) is 113 Å². The number of aliphatic imine (C=N–C) groups is 2. The Hall–Kier alpha value is -4.09. The molecule has 3 aliphatic rings. The number of carbonyl (C=O) groups is 2. The first-order valence-electron chi connectivity index (χ1n) is 12.4. The molecule has 9 nitrogen and oxygen atoms in total. The summed E-state index contributed by atoms with van der Waals surface area (Å²) in [6, 6.07) is 12.1. The fraction of sp³-hybridized carbons (Fsp3) is 0.296. The number of carbonyl (C=O) groups excluding carboxylic acids is 2. The molecule has 0 spiro atoms. The summed E-state index contributed by atoms with van der Waals surface area (Å²) in [5, 5.41) is 2.75. The molecule has 0 saturated carbocycles. The van der Waals surface area contributed by atoms with Gasteiger partial charge in [0.2, 0.25) is 5.70 Å². The summed E-state index contributed by atoms with van der Waals surface area (Å²) in [5.74, 6) is 2.65. The fourth-order valence-corrected chi connectivity index (χ4v) is 4.87. The molecule has 1 aromatic carbocycles. The number of aromatic nitrogens is 1. The molecule has 2 unspecified atom stereocenters. The van der Waals surface area contributed by atoms with Gasteiger partial charge in [-0.25, -0.2) is 4.98 Å². The van der Waals surface area contributed by atoms with Gasteiger partial charge in [-0.3, -0.25) is 14.6 Å². The van der Waals surface area contributed by atoms with Crippen LogP contribution >= 0.6 is 0 Å². The van der Waals surface area contributed by atoms with E-state index in [1.807, 2.05) is 0 Å². The lowest BCUT2D eigenvalue weighted by Gasteiger charge is -2.34. The van der Waals surface area contributed by atoms with Crippen molar-refractivity contribution in [1.29, 1.82) is 0 Å². The van der Waals surface area contributed by atoms with E-state index in [9.17, 15) is 18.4 Å². The Balaban J connectivity index is 1.41. The van der Waals surface area contributed by atoms with Gasteiger partial charge in [0.05, 0.1) is 18.0 Å². The van der Waals surface area contributed by atoms with Crippen molar-refractivity contribution in [2.75, 3.05) is 18.4 Å². The second kappa shape index (κ2) is 9.99. The molecule has 0 aliphatic carbocycles. The summed E-state index contributed by atoms with van der Waals surface area (Å²) in [5.41, 5.74) is 2.38. The smallest absolute Gasteiger partial charge is 0.324 e. The van der Waals surface area contributed by atoms with Gasteiger partial charge < -0.3 is 10.2 Å². The van der Waals surface area contributed by atoms with Gasteiger partial charge in [-0.15, -0.1) is 4.59 Å². The third kappa shape index (κ3) is 4.66. The normalized spacial score (nSPS) is 22.8. The molecular weight excluding hydrogens is 492 g/mol. The standard InChI is InChI=1S/C27H27F2N7O2/c1-2-27(28,29)26(38)35-14-5-6-20(17-35)23-21-16-31-13-15-36(21,30)24(34-23)18-8-10-19(11-9-18)25(37)33-22-7-3-4-12-32-22/h3-4,7-13,15-16,20H,2,5-6,14,17,30H2,1H3/p+1. The number of fused-ring (bicyclic) bond motifs is 1. The highest BCUT2D eigenvalue weighted by atomic mass is 19.3. The van der Waals surface area contributed by atoms with Gasteiger partial charge in [-0.1, -0.05) is 13.0 Å². The number of hydrogen-bond acceptors (Lipinski definition) is 6. The van der Waals surface area contributed by atoms with Crippen molar-refractivity contribution in [3.05, 3.63) is 83.6 Å². The maximum Gasteiger partial charge on any atom is 0.324 e. The quantitative estimate of drug-likeness (QED) is 0.445. The number of rotatable bonds is 6. The molecule has 2 amide bonds. The van der Waals surface area contributed by atoms with E-state index in [1.54, 1.807) is 67.3 Å². The Morgan fingerprint density at radius 2 is 2.00 bits per heavy atom. The van der Waals surface area contributed by atoms with E-state index in [2.05, 4.69) is 15.3 Å². The maximum atomic E-state index is 14.1. The number of allylic oxidation sites excluding steroid dienone is 1. The van der Waals surface area contributed by atoms with Gasteiger partial charge in [0.1, 0.15) is 17.7 Å². The molecule has 0 radical (unpaired) electrons. The lowest BCUT2D eigenvalue weighted by molar-refractivity contribution is -0.750. The lowest BCUT2D eigenvalue weighted by atomic mass is 9.93. The monoisotopic (exact) mass is 520 g/mol. The average Bonchev–Trinajstić information content (AvgIpc) is 3.26. The third-order valence-corrected chi connectivity index (χ3v) is 6.99. The Morgan fingerprint density at radius 3 is 2.71 bits per heavy atom. The molecular formula is C27H28F2N7O2+. The van der Waals surface area contributed by atoms with Crippen LogP contribution in [-0.2, 0) is 4.79 Å². The van der Waals surface area contributed by atoms with Crippen LogP contribution in [0.1, 0.15) is 42.1 Å². The van der Waals surface area contributed by atoms with E-state index in [4.69, 9.17) is 10.8 Å². The number of hydrogen-bond donors (Lipinski definition) is 2. The van der Waals surface area contributed by atoms with Gasteiger partial charge in [0.15, 0.2) is 0 Å². The minimum absolute atomic E-state index is 0.133. The summed E-state index contributed by atoms with van der Waals surface area (Å²) in [6.45, 7) is 1.72. The predicted octanol–water partition coefficient (Wildman–Crippen LogP) is 3.84. The molecule has 1 saturated heterocycles. The number of amides is 2. The molecule has 2 aromatic rings. The van der Waals surface area contributed by atoms with Crippen LogP contribution in [0.2, 0.25) is 0 Å². The van der Waals surface area contributed by atoms with Crippen molar-refractivity contribution in [2.24, 2.45) is 21.7 Å². The zero-order chi connectivity index (χ0) is 26.9. The molecule has 5 rings (SSSR count). The zero-order valence-corrected chi connectivity index (χ0v) is 20.8. The number of quaternary nitrogens is 1. The van der Waals surface area contributed by atoms with E-state index in [0.717, 1.165) is 0 Å². The molecule has 1 fully saturated rings. The van der Waals surface area contributed by atoms with Crippen molar-refractivity contribution in [3.63, 3.8) is 0 Å². The number of halogens is 2. The van der Waals surface area contributed by atoms with E-state index >= 15 is 0 Å². The molecule has 4 heterocycles. The van der Waals surface area contributed by atoms with Crippen LogP contribution in [-0.4, -0.2) is 57.4 Å². The van der Waals surface area contributed by atoms with Crippen molar-refractivity contribution in [1.82, 2.24) is 9.88 Å². The first-order chi connectivity index (χ1) is 18.2. The molecule has 1 aromatic heterocycles. The summed E-state index contributed by atoms with van der Waals surface area (Å²) >= 11 is 0. The number of alkyl halides is 2. The predicted molar refractivity (Wildman–Crippen MR) is 139 cm³/mol. The van der Waals surface area contributed by atoms with Crippen LogP contribution in [0.3, 0.4) is 0 Å². The number of nitrogens with one attached hydrogen (secondary N) is 1. The number of amidine groups is 1. The van der Waals surface area contributed by atoms with E-state index < -0.39 is 18.3 Å². The third-order valence-electron chi connectivity index (χ3n) is 6.99. The van der Waals surface area contributed by atoms with Gasteiger partial charge in [-0.2, -0.15) is 19.6 Å². The fourth-order valence-electron chi connectivity index (χ4n) is 4.87. The first-order valence-corrected chi connectivity index (χ1v) is 12.4. The van der Waals surface area contributed by atoms with E-state index in [-0.39, 0.29) is 29.5 Å². The van der Waals surface area contributed by atoms with Crippen LogP contribution in [0.25, 0.3) is 0 Å². The zero-order valence-electron chi connectivity index (χ0n) is 20.8. The highest BCUT2D eigenvalue weighted by molar-refractivity contribution is 6.05. The highest BCUT2D eigenvalue weighted by Gasteiger charge is 2.48. The molecule has 3 aliphatic heterocycles. The Morgan fingerprint density at radius 1 is 1.21 bits per heavy atom. The van der Waals surface area contributed by atoms with Crippen LogP contribution < -0.4 is 11.2 Å². The average molecular weight is 521 g/mol. The number of piperidine rings is 1. The number of nitrogens with two attached hydrogens (primary N) is 1. The van der Waals surface area contributed by atoms with E-state index in [1.165, 1.54) is 11.8 Å². The first kappa shape index (κ1) is 25.6. The number of benzene rings is 1. The Bertz CT molecular complexity index is 1370. The van der Waals surface area contributed by atoms with Crippen molar-refractivity contribution < 1.29 is 23.0 Å². The Labute approximate surface area is 218 Å². The number of anilines is 1. The minimum Gasteiger partial charge on any atom is -0.337 e. The SMILES string of the molecule is CCC(F)(F)C(=O)N1CCCC(C2=C3C=NC=C[N+]3(N)C(c3ccc(C(=O)Nc4ccccn4)cc3)=N2)C1. The molecule has 0 bridgehead atoms. The molecule has 38 heavy (non-hydrogen) atoms. The van der Waals surface area contributed by atoms with Gasteiger partial charge in [0.25, 0.3) is 17.6 Å². The minimum atomic E-state index is -3.39. The van der Waals surface area contributed by atoms with E-state index in [0.29, 0.717) is 47.0 Å². The summed E-state index contributed by atoms with van der Waals surface area (Å²) < 4.78 is 28.0. The van der Waals surface area contributed by atoms with Gasteiger partial charge >= 0.3 is 5.92 Å². The maximum absolute atomic E-state index is 14.1. The van der Waals surface area contributed by atoms with Crippen molar-refractivity contribution in [3.8, 4) is 0 Å². The second-order valence-corrected chi connectivity index (χ2v) is 9.45. The Kier molecular flexibility index (Phi) is 6.72. The van der Waals surface area contributed by atoms with Crippen LogP contribution in [0.4, 0.5) is 14.6 Å². The summed E-state index contributed by atoms with van der Waals surface area (Å²) in [6.07, 6.45) is 7.21. The van der Waals surface area contributed by atoms with Gasteiger partial charge in [-0.05, 0) is 49.2 Å². The second-order valence-electron chi connectivity index (χ2n) is 9.45. The molecule has 2 atom stereocenters. The summed E-state index contributed by atoms with van der Waals surface area (Å²) in [4.78, 5) is 39.6. The van der Waals surface area contributed by atoms with Gasteiger partial charge in [0, 0.05) is 37.2 Å². The van der Waals surface area contributed by atoms with Crippen LogP contribution in [0.5, 0.6) is 0 Å².